The summed E-state index contributed by atoms with van der Waals surface area (Å²) in [5.41, 5.74) is 5.23. The van der Waals surface area contributed by atoms with E-state index in [9.17, 15) is 0 Å². The number of hydrogen-bond acceptors (Lipinski definition) is 1. The molecule has 0 spiro atoms. The van der Waals surface area contributed by atoms with Crippen LogP contribution >= 0.6 is 27.5 Å². The van der Waals surface area contributed by atoms with Crippen molar-refractivity contribution in [3.8, 4) is 0 Å². The molecular weight excluding hydrogens is 346 g/mol. The van der Waals surface area contributed by atoms with Crippen LogP contribution in [0, 0.1) is 13.8 Å². The molecule has 1 aliphatic rings. The first-order chi connectivity index (χ1) is 10.0. The quantitative estimate of drug-likeness (QED) is 0.696. The van der Waals surface area contributed by atoms with Crippen molar-refractivity contribution in [2.24, 2.45) is 0 Å². The van der Waals surface area contributed by atoms with Gasteiger partial charge in [0.25, 0.3) is 0 Å². The summed E-state index contributed by atoms with van der Waals surface area (Å²) in [4.78, 5) is 0. The molecule has 1 fully saturated rings. The Balaban J connectivity index is 1.64. The Morgan fingerprint density at radius 2 is 1.76 bits per heavy atom. The first-order valence-corrected chi connectivity index (χ1v) is 8.49. The normalized spacial score (nSPS) is 21.0. The lowest BCUT2D eigenvalue weighted by Gasteiger charge is -2.37. The molecule has 3 rings (SSSR count). The van der Waals surface area contributed by atoms with Crippen LogP contribution in [0.3, 0.4) is 0 Å². The van der Waals surface area contributed by atoms with E-state index in [1.165, 1.54) is 35.2 Å². The third-order valence-corrected chi connectivity index (χ3v) is 5.14. The average molecular weight is 365 g/mol. The van der Waals surface area contributed by atoms with Gasteiger partial charge in [0.2, 0.25) is 0 Å². The Bertz CT molecular complexity index is 622. The maximum atomic E-state index is 5.94. The van der Waals surface area contributed by atoms with Crippen molar-refractivity contribution < 1.29 is 0 Å². The van der Waals surface area contributed by atoms with Crippen LogP contribution in [-0.4, -0.2) is 6.04 Å². The number of anilines is 1. The van der Waals surface area contributed by atoms with Gasteiger partial charge in [-0.1, -0.05) is 29.8 Å². The van der Waals surface area contributed by atoms with Crippen LogP contribution in [0.1, 0.15) is 35.4 Å². The van der Waals surface area contributed by atoms with E-state index in [4.69, 9.17) is 11.6 Å². The summed E-state index contributed by atoms with van der Waals surface area (Å²) in [7, 11) is 0. The highest BCUT2D eigenvalue weighted by atomic mass is 79.9. The molecule has 1 N–H and O–H groups in total. The van der Waals surface area contributed by atoms with E-state index < -0.39 is 0 Å². The van der Waals surface area contributed by atoms with Crippen LogP contribution in [0.2, 0.25) is 5.02 Å². The maximum Gasteiger partial charge on any atom is 0.0516 e. The lowest BCUT2D eigenvalue weighted by Crippen LogP contribution is -2.34. The molecule has 0 heterocycles. The second-order valence-electron chi connectivity index (χ2n) is 6.00. The van der Waals surface area contributed by atoms with E-state index in [1.807, 2.05) is 12.1 Å². The van der Waals surface area contributed by atoms with E-state index in [1.54, 1.807) is 0 Å². The van der Waals surface area contributed by atoms with Gasteiger partial charge in [0.1, 0.15) is 0 Å². The predicted molar refractivity (Wildman–Crippen MR) is 94.5 cm³/mol. The smallest absolute Gasteiger partial charge is 0.0516 e. The summed E-state index contributed by atoms with van der Waals surface area (Å²) < 4.78 is 1.16. The molecule has 1 aliphatic carbocycles. The van der Waals surface area contributed by atoms with Crippen molar-refractivity contribution in [3.05, 3.63) is 62.6 Å². The van der Waals surface area contributed by atoms with Crippen LogP contribution in [0.25, 0.3) is 0 Å². The number of hydrogen-bond donors (Lipinski definition) is 1. The Hall–Kier alpha value is -0.990. The SMILES string of the molecule is Cc1cc(C)c(NC2CC(c3ccc(Cl)cc3)C2)c(Br)c1. The first-order valence-electron chi connectivity index (χ1n) is 7.31. The van der Waals surface area contributed by atoms with Gasteiger partial charge >= 0.3 is 0 Å². The number of benzene rings is 2. The van der Waals surface area contributed by atoms with Crippen LogP contribution in [0.4, 0.5) is 5.69 Å². The fourth-order valence-corrected chi connectivity index (χ4v) is 3.96. The second-order valence-corrected chi connectivity index (χ2v) is 7.29. The van der Waals surface area contributed by atoms with Crippen molar-refractivity contribution in [2.75, 3.05) is 5.32 Å². The van der Waals surface area contributed by atoms with Crippen LogP contribution in [0.5, 0.6) is 0 Å². The minimum absolute atomic E-state index is 0.559. The molecule has 0 aliphatic heterocycles. The minimum atomic E-state index is 0.559. The Morgan fingerprint density at radius 3 is 2.38 bits per heavy atom. The highest BCUT2D eigenvalue weighted by molar-refractivity contribution is 9.10. The minimum Gasteiger partial charge on any atom is -0.381 e. The van der Waals surface area contributed by atoms with Gasteiger partial charge in [-0.05, 0) is 83.4 Å². The summed E-state index contributed by atoms with van der Waals surface area (Å²) in [5.74, 6) is 0.657. The van der Waals surface area contributed by atoms with Crippen LogP contribution in [0.15, 0.2) is 40.9 Å². The number of aryl methyl sites for hydroxylation is 2. The topological polar surface area (TPSA) is 12.0 Å². The molecule has 1 nitrogen and oxygen atoms in total. The Kier molecular flexibility index (Phi) is 4.28. The highest BCUT2D eigenvalue weighted by Crippen LogP contribution is 2.40. The standard InChI is InChI=1S/C18H19BrClN/c1-11-7-12(2)18(17(19)8-11)21-16-9-14(10-16)13-3-5-15(20)6-4-13/h3-8,14,16,21H,9-10H2,1-2H3. The number of nitrogens with one attached hydrogen (secondary N) is 1. The van der Waals surface area contributed by atoms with Gasteiger partial charge in [0.15, 0.2) is 0 Å². The van der Waals surface area contributed by atoms with Gasteiger partial charge in [-0.3, -0.25) is 0 Å². The summed E-state index contributed by atoms with van der Waals surface area (Å²) >= 11 is 9.61. The molecule has 0 radical (unpaired) electrons. The van der Waals surface area contributed by atoms with Crippen LogP contribution < -0.4 is 5.32 Å². The Morgan fingerprint density at radius 1 is 1.10 bits per heavy atom. The van der Waals surface area contributed by atoms with Gasteiger partial charge in [-0.2, -0.15) is 0 Å². The van der Waals surface area contributed by atoms with E-state index >= 15 is 0 Å². The second kappa shape index (κ2) is 6.02. The molecule has 3 heteroatoms. The van der Waals surface area contributed by atoms with Crippen molar-refractivity contribution in [1.82, 2.24) is 0 Å². The summed E-state index contributed by atoms with van der Waals surface area (Å²) in [6.07, 6.45) is 2.36. The predicted octanol–water partition coefficient (Wildman–Crippen LogP) is 6.08. The van der Waals surface area contributed by atoms with E-state index in [0.29, 0.717) is 12.0 Å². The molecule has 0 amide bonds. The van der Waals surface area contributed by atoms with Crippen molar-refractivity contribution in [2.45, 2.75) is 38.6 Å². The monoisotopic (exact) mass is 363 g/mol. The molecule has 0 bridgehead atoms. The molecule has 0 aromatic heterocycles. The zero-order chi connectivity index (χ0) is 15.0. The van der Waals surface area contributed by atoms with E-state index in [2.05, 4.69) is 59.4 Å². The molecule has 0 atom stereocenters. The zero-order valence-corrected chi connectivity index (χ0v) is 14.6. The zero-order valence-electron chi connectivity index (χ0n) is 12.3. The highest BCUT2D eigenvalue weighted by Gasteiger charge is 2.30. The number of rotatable bonds is 3. The first kappa shape index (κ1) is 14.9. The molecule has 110 valence electrons. The van der Waals surface area contributed by atoms with Crippen LogP contribution in [-0.2, 0) is 0 Å². The lowest BCUT2D eigenvalue weighted by molar-refractivity contribution is 0.374. The van der Waals surface area contributed by atoms with Gasteiger partial charge < -0.3 is 5.32 Å². The van der Waals surface area contributed by atoms with Crippen molar-refractivity contribution in [1.29, 1.82) is 0 Å². The molecule has 0 saturated heterocycles. The molecule has 2 aromatic rings. The van der Waals surface area contributed by atoms with E-state index in [-0.39, 0.29) is 0 Å². The van der Waals surface area contributed by atoms with Gasteiger partial charge in [-0.25, -0.2) is 0 Å². The molecule has 21 heavy (non-hydrogen) atoms. The molecular formula is C18H19BrClN. The maximum absolute atomic E-state index is 5.94. The largest absolute Gasteiger partial charge is 0.381 e. The number of halogens is 2. The fraction of sp³-hybridized carbons (Fsp3) is 0.333. The lowest BCUT2D eigenvalue weighted by atomic mass is 9.76. The third kappa shape index (κ3) is 3.27. The van der Waals surface area contributed by atoms with Gasteiger partial charge in [0.05, 0.1) is 5.69 Å². The summed E-state index contributed by atoms with van der Waals surface area (Å²) in [6.45, 7) is 4.29. The fourth-order valence-electron chi connectivity index (χ4n) is 3.05. The van der Waals surface area contributed by atoms with Gasteiger partial charge in [-0.15, -0.1) is 0 Å². The van der Waals surface area contributed by atoms with Gasteiger partial charge in [0, 0.05) is 15.5 Å². The third-order valence-electron chi connectivity index (χ3n) is 4.26. The average Bonchev–Trinajstić information content (AvgIpc) is 2.37. The van der Waals surface area contributed by atoms with E-state index in [0.717, 1.165) is 9.50 Å². The molecule has 1 saturated carbocycles. The van der Waals surface area contributed by atoms with Crippen molar-refractivity contribution in [3.63, 3.8) is 0 Å². The summed E-state index contributed by atoms with van der Waals surface area (Å²) in [5, 5.41) is 4.49. The Labute approximate surface area is 139 Å². The molecule has 2 aromatic carbocycles. The van der Waals surface area contributed by atoms with Crippen molar-refractivity contribution >= 4 is 33.2 Å². The molecule has 0 unspecified atom stereocenters. The summed E-state index contributed by atoms with van der Waals surface area (Å²) in [6, 6.07) is 13.2.